The van der Waals surface area contributed by atoms with Crippen LogP contribution in [0, 0.1) is 5.41 Å². The predicted molar refractivity (Wildman–Crippen MR) is 79.7 cm³/mol. The Hall–Kier alpha value is -1.55. The average molecular weight is 276 g/mol. The van der Waals surface area contributed by atoms with Gasteiger partial charge in [0.2, 0.25) is 5.91 Å². The van der Waals surface area contributed by atoms with E-state index in [9.17, 15) is 4.79 Å². The van der Waals surface area contributed by atoms with E-state index < -0.39 is 0 Å². The van der Waals surface area contributed by atoms with Crippen LogP contribution in [0.2, 0.25) is 0 Å². The summed E-state index contributed by atoms with van der Waals surface area (Å²) in [5.41, 5.74) is 0.880. The van der Waals surface area contributed by atoms with E-state index in [2.05, 4.69) is 12.2 Å². The SMILES string of the molecule is CCC1(C(=O)N(C)Cc2cccc(OC)c2)CCNC1. The molecule has 1 aromatic rings. The van der Waals surface area contributed by atoms with Gasteiger partial charge in [-0.2, -0.15) is 0 Å². The zero-order valence-electron chi connectivity index (χ0n) is 12.6. The molecule has 0 saturated carbocycles. The minimum atomic E-state index is -0.215. The first-order valence-corrected chi connectivity index (χ1v) is 7.20. The third-order valence-electron chi connectivity index (χ3n) is 4.27. The highest BCUT2D eigenvalue weighted by Crippen LogP contribution is 2.32. The van der Waals surface area contributed by atoms with Crippen molar-refractivity contribution in [2.75, 3.05) is 27.2 Å². The van der Waals surface area contributed by atoms with Crippen LogP contribution in [0.4, 0.5) is 0 Å². The van der Waals surface area contributed by atoms with Gasteiger partial charge in [0.15, 0.2) is 0 Å². The number of rotatable bonds is 5. The number of methoxy groups -OCH3 is 1. The summed E-state index contributed by atoms with van der Waals surface area (Å²) in [5.74, 6) is 1.07. The fraction of sp³-hybridized carbons (Fsp3) is 0.562. The van der Waals surface area contributed by atoms with Gasteiger partial charge in [-0.25, -0.2) is 0 Å². The number of carbonyl (C=O) groups excluding carboxylic acids is 1. The van der Waals surface area contributed by atoms with Crippen LogP contribution in [-0.4, -0.2) is 38.1 Å². The normalized spacial score (nSPS) is 21.8. The molecule has 110 valence electrons. The molecular weight excluding hydrogens is 252 g/mol. The van der Waals surface area contributed by atoms with Crippen molar-refractivity contribution < 1.29 is 9.53 Å². The zero-order chi connectivity index (χ0) is 14.6. The van der Waals surface area contributed by atoms with Crippen molar-refractivity contribution in [3.63, 3.8) is 0 Å². The molecule has 1 aromatic carbocycles. The third kappa shape index (κ3) is 2.96. The molecule has 0 spiro atoms. The molecule has 20 heavy (non-hydrogen) atoms. The first-order valence-electron chi connectivity index (χ1n) is 7.20. The van der Waals surface area contributed by atoms with Crippen LogP contribution in [0.3, 0.4) is 0 Å². The Bertz CT molecular complexity index is 467. The van der Waals surface area contributed by atoms with Crippen molar-refractivity contribution in [3.8, 4) is 5.75 Å². The molecule has 1 unspecified atom stereocenters. The van der Waals surface area contributed by atoms with Gasteiger partial charge in [0, 0.05) is 20.1 Å². The molecule has 0 aromatic heterocycles. The highest BCUT2D eigenvalue weighted by atomic mass is 16.5. The molecule has 0 radical (unpaired) electrons. The molecule has 1 aliphatic rings. The molecule has 1 atom stereocenters. The van der Waals surface area contributed by atoms with Crippen LogP contribution in [0.5, 0.6) is 5.75 Å². The van der Waals surface area contributed by atoms with Gasteiger partial charge >= 0.3 is 0 Å². The molecule has 1 aliphatic heterocycles. The molecule has 4 heteroatoms. The van der Waals surface area contributed by atoms with Gasteiger partial charge < -0.3 is 15.0 Å². The van der Waals surface area contributed by atoms with Crippen LogP contribution in [0.25, 0.3) is 0 Å². The first-order chi connectivity index (χ1) is 9.61. The number of benzene rings is 1. The largest absolute Gasteiger partial charge is 0.497 e. The molecule has 1 saturated heterocycles. The lowest BCUT2D eigenvalue weighted by Gasteiger charge is -2.31. The Labute approximate surface area is 121 Å². The van der Waals surface area contributed by atoms with Gasteiger partial charge in [-0.05, 0) is 37.1 Å². The molecular formula is C16H24N2O2. The van der Waals surface area contributed by atoms with E-state index in [-0.39, 0.29) is 11.3 Å². The summed E-state index contributed by atoms with van der Waals surface area (Å²) in [6, 6.07) is 7.88. The Balaban J connectivity index is 2.07. The first kappa shape index (κ1) is 14.9. The number of amides is 1. The summed E-state index contributed by atoms with van der Waals surface area (Å²) in [4.78, 5) is 14.6. The smallest absolute Gasteiger partial charge is 0.230 e. The Morgan fingerprint density at radius 3 is 2.90 bits per heavy atom. The molecule has 1 amide bonds. The monoisotopic (exact) mass is 276 g/mol. The quantitative estimate of drug-likeness (QED) is 0.895. The van der Waals surface area contributed by atoms with Crippen molar-refractivity contribution in [3.05, 3.63) is 29.8 Å². The number of ether oxygens (including phenoxy) is 1. The maximum atomic E-state index is 12.7. The summed E-state index contributed by atoms with van der Waals surface area (Å²) in [7, 11) is 3.54. The Kier molecular flexibility index (Phi) is 4.65. The molecule has 2 rings (SSSR count). The average Bonchev–Trinajstić information content (AvgIpc) is 2.96. The zero-order valence-corrected chi connectivity index (χ0v) is 12.6. The van der Waals surface area contributed by atoms with Gasteiger partial charge in [-0.3, -0.25) is 4.79 Å². The molecule has 4 nitrogen and oxygen atoms in total. The number of hydrogen-bond donors (Lipinski definition) is 1. The van der Waals surface area contributed by atoms with E-state index in [0.29, 0.717) is 6.54 Å². The number of hydrogen-bond acceptors (Lipinski definition) is 3. The van der Waals surface area contributed by atoms with E-state index in [1.54, 1.807) is 7.11 Å². The van der Waals surface area contributed by atoms with Crippen molar-refractivity contribution in [1.82, 2.24) is 10.2 Å². The minimum Gasteiger partial charge on any atom is -0.497 e. The van der Waals surface area contributed by atoms with Crippen LogP contribution in [0.1, 0.15) is 25.3 Å². The van der Waals surface area contributed by atoms with E-state index in [0.717, 1.165) is 37.2 Å². The summed E-state index contributed by atoms with van der Waals surface area (Å²) in [5, 5.41) is 3.31. The predicted octanol–water partition coefficient (Wildman–Crippen LogP) is 2.04. The van der Waals surface area contributed by atoms with Gasteiger partial charge in [0.25, 0.3) is 0 Å². The molecule has 0 bridgehead atoms. The molecule has 1 fully saturated rings. The summed E-state index contributed by atoms with van der Waals surface area (Å²) in [6.07, 6.45) is 1.83. The molecule has 0 aliphatic carbocycles. The topological polar surface area (TPSA) is 41.6 Å². The third-order valence-corrected chi connectivity index (χ3v) is 4.27. The maximum absolute atomic E-state index is 12.7. The summed E-state index contributed by atoms with van der Waals surface area (Å²) < 4.78 is 5.22. The summed E-state index contributed by atoms with van der Waals surface area (Å²) >= 11 is 0. The fourth-order valence-corrected chi connectivity index (χ4v) is 2.90. The second kappa shape index (κ2) is 6.27. The number of carbonyl (C=O) groups is 1. The van der Waals surface area contributed by atoms with Crippen molar-refractivity contribution >= 4 is 5.91 Å². The highest BCUT2D eigenvalue weighted by molar-refractivity contribution is 5.83. The van der Waals surface area contributed by atoms with Crippen LogP contribution in [-0.2, 0) is 11.3 Å². The molecule has 1 N–H and O–H groups in total. The van der Waals surface area contributed by atoms with E-state index in [1.807, 2.05) is 36.2 Å². The van der Waals surface area contributed by atoms with E-state index in [1.165, 1.54) is 0 Å². The number of nitrogens with zero attached hydrogens (tertiary/aromatic N) is 1. The van der Waals surface area contributed by atoms with Gasteiger partial charge in [-0.1, -0.05) is 19.1 Å². The lowest BCUT2D eigenvalue weighted by atomic mass is 9.83. The van der Waals surface area contributed by atoms with Crippen molar-refractivity contribution in [2.45, 2.75) is 26.3 Å². The minimum absolute atomic E-state index is 0.215. The van der Waals surface area contributed by atoms with Gasteiger partial charge in [-0.15, -0.1) is 0 Å². The standard InChI is InChI=1S/C16H24N2O2/c1-4-16(8-9-17-12-16)15(19)18(2)11-13-6-5-7-14(10-13)20-3/h5-7,10,17H,4,8-9,11-12H2,1-3H3. The lowest BCUT2D eigenvalue weighted by Crippen LogP contribution is -2.42. The Morgan fingerprint density at radius 2 is 2.30 bits per heavy atom. The van der Waals surface area contributed by atoms with Crippen LogP contribution >= 0.6 is 0 Å². The van der Waals surface area contributed by atoms with Crippen LogP contribution < -0.4 is 10.1 Å². The van der Waals surface area contributed by atoms with Gasteiger partial charge in [0.05, 0.1) is 12.5 Å². The number of nitrogens with one attached hydrogen (secondary N) is 1. The second-order valence-electron chi connectivity index (χ2n) is 5.57. The highest BCUT2D eigenvalue weighted by Gasteiger charge is 2.41. The van der Waals surface area contributed by atoms with Crippen molar-refractivity contribution in [1.29, 1.82) is 0 Å². The van der Waals surface area contributed by atoms with E-state index >= 15 is 0 Å². The van der Waals surface area contributed by atoms with Crippen LogP contribution in [0.15, 0.2) is 24.3 Å². The van der Waals surface area contributed by atoms with Gasteiger partial charge in [0.1, 0.15) is 5.75 Å². The van der Waals surface area contributed by atoms with E-state index in [4.69, 9.17) is 4.74 Å². The summed E-state index contributed by atoms with van der Waals surface area (Å²) in [6.45, 7) is 4.46. The molecule has 1 heterocycles. The maximum Gasteiger partial charge on any atom is 0.230 e. The second-order valence-corrected chi connectivity index (χ2v) is 5.57. The Morgan fingerprint density at radius 1 is 1.50 bits per heavy atom. The lowest BCUT2D eigenvalue weighted by molar-refractivity contribution is -0.140. The fourth-order valence-electron chi connectivity index (χ4n) is 2.90. The van der Waals surface area contributed by atoms with Crippen molar-refractivity contribution in [2.24, 2.45) is 5.41 Å².